The van der Waals surface area contributed by atoms with Crippen molar-refractivity contribution >= 4 is 0 Å². The van der Waals surface area contributed by atoms with Crippen molar-refractivity contribution in [1.82, 2.24) is 0 Å². The van der Waals surface area contributed by atoms with Gasteiger partial charge in [-0.3, -0.25) is 0 Å². The first-order chi connectivity index (χ1) is 11.5. The molecular formula is C22H38O2. The van der Waals surface area contributed by atoms with E-state index in [-0.39, 0.29) is 0 Å². The van der Waals surface area contributed by atoms with E-state index >= 15 is 0 Å². The van der Waals surface area contributed by atoms with Crippen LogP contribution < -0.4 is 0 Å². The van der Waals surface area contributed by atoms with Crippen molar-refractivity contribution in [2.45, 2.75) is 78.1 Å². The molecule has 0 aliphatic heterocycles. The zero-order valence-corrected chi connectivity index (χ0v) is 16.0. The number of hydrogen-bond acceptors (Lipinski definition) is 2. The predicted molar refractivity (Wildman–Crippen MR) is 104 cm³/mol. The van der Waals surface area contributed by atoms with Crippen molar-refractivity contribution < 1.29 is 9.47 Å². The second-order valence-electron chi connectivity index (χ2n) is 7.60. The number of allylic oxidation sites excluding steroid dienone is 2. The van der Waals surface area contributed by atoms with E-state index in [4.69, 9.17) is 9.47 Å². The van der Waals surface area contributed by atoms with Crippen LogP contribution in [0.2, 0.25) is 0 Å². The lowest BCUT2D eigenvalue weighted by molar-refractivity contribution is 0.182. The van der Waals surface area contributed by atoms with Crippen LogP contribution in [-0.4, -0.2) is 6.61 Å². The van der Waals surface area contributed by atoms with E-state index in [2.05, 4.69) is 33.6 Å². The highest BCUT2D eigenvalue weighted by Crippen LogP contribution is 2.34. The van der Waals surface area contributed by atoms with E-state index in [0.29, 0.717) is 17.8 Å². The van der Waals surface area contributed by atoms with Gasteiger partial charge in [-0.2, -0.15) is 0 Å². The second-order valence-corrected chi connectivity index (χ2v) is 7.60. The molecule has 138 valence electrons. The molecule has 0 radical (unpaired) electrons. The molecule has 2 saturated carbocycles. The molecule has 24 heavy (non-hydrogen) atoms. The Morgan fingerprint density at radius 2 is 1.29 bits per heavy atom. The van der Waals surface area contributed by atoms with Gasteiger partial charge in [-0.25, -0.2) is 0 Å². The van der Waals surface area contributed by atoms with Crippen LogP contribution in [0.25, 0.3) is 0 Å². The topological polar surface area (TPSA) is 18.5 Å². The van der Waals surface area contributed by atoms with Crippen LogP contribution in [-0.2, 0) is 9.47 Å². The molecule has 0 spiro atoms. The Hall–Kier alpha value is -1.18. The van der Waals surface area contributed by atoms with Crippen molar-refractivity contribution in [3.63, 3.8) is 0 Å². The largest absolute Gasteiger partial charge is 0.502 e. The maximum atomic E-state index is 5.94. The lowest BCUT2D eigenvalue weighted by Gasteiger charge is -2.28. The van der Waals surface area contributed by atoms with Crippen LogP contribution in [0.1, 0.15) is 78.1 Å². The van der Waals surface area contributed by atoms with Crippen molar-refractivity contribution in [2.75, 3.05) is 6.61 Å². The lowest BCUT2D eigenvalue weighted by Crippen LogP contribution is -2.15. The SMILES string of the molecule is C=C(OC(=C)C1CCCCC1)C1CCCCC1.C=COCC(C)C. The highest BCUT2D eigenvalue weighted by molar-refractivity contribution is 5.02. The summed E-state index contributed by atoms with van der Waals surface area (Å²) in [6, 6.07) is 0. The van der Waals surface area contributed by atoms with E-state index < -0.39 is 0 Å². The summed E-state index contributed by atoms with van der Waals surface area (Å²) in [7, 11) is 0. The summed E-state index contributed by atoms with van der Waals surface area (Å²) in [5, 5.41) is 0. The molecule has 0 saturated heterocycles. The molecule has 0 unspecified atom stereocenters. The molecule has 2 nitrogen and oxygen atoms in total. The molecule has 2 heteroatoms. The molecule has 2 fully saturated rings. The fraction of sp³-hybridized carbons (Fsp3) is 0.727. The van der Waals surface area contributed by atoms with E-state index in [0.717, 1.165) is 18.1 Å². The monoisotopic (exact) mass is 334 g/mol. The van der Waals surface area contributed by atoms with Gasteiger partial charge in [0.25, 0.3) is 0 Å². The minimum absolute atomic E-state index is 0.587. The Balaban J connectivity index is 0.000000351. The number of hydrogen-bond donors (Lipinski definition) is 0. The molecule has 0 bridgehead atoms. The number of ether oxygens (including phenoxy) is 2. The van der Waals surface area contributed by atoms with Gasteiger partial charge in [0.05, 0.1) is 24.4 Å². The maximum Gasteiger partial charge on any atom is 0.0995 e. The van der Waals surface area contributed by atoms with E-state index in [9.17, 15) is 0 Å². The Morgan fingerprint density at radius 1 is 0.875 bits per heavy atom. The van der Waals surface area contributed by atoms with E-state index in [1.807, 2.05) is 0 Å². The van der Waals surface area contributed by atoms with Crippen molar-refractivity contribution in [3.05, 3.63) is 37.5 Å². The number of rotatable bonds is 7. The standard InChI is InChI=1S/C16H26O.C6H12O/c1-13(15-9-5-3-6-10-15)17-14(2)16-11-7-4-8-12-16;1-4-7-5-6(2)3/h15-16H,1-12H2;4,6H,1,5H2,2-3H3. The van der Waals surface area contributed by atoms with Gasteiger partial charge < -0.3 is 9.47 Å². The van der Waals surface area contributed by atoms with Gasteiger partial charge in [0.15, 0.2) is 0 Å². The minimum Gasteiger partial charge on any atom is -0.502 e. The molecule has 0 heterocycles. The van der Waals surface area contributed by atoms with Crippen molar-refractivity contribution in [3.8, 4) is 0 Å². The van der Waals surface area contributed by atoms with Crippen LogP contribution in [0, 0.1) is 17.8 Å². The second kappa shape index (κ2) is 12.2. The van der Waals surface area contributed by atoms with Gasteiger partial charge in [0, 0.05) is 11.8 Å². The van der Waals surface area contributed by atoms with E-state index in [1.54, 1.807) is 0 Å². The highest BCUT2D eigenvalue weighted by Gasteiger charge is 2.22. The lowest BCUT2D eigenvalue weighted by atomic mass is 9.87. The highest BCUT2D eigenvalue weighted by atomic mass is 16.5. The summed E-state index contributed by atoms with van der Waals surface area (Å²) < 4.78 is 10.8. The van der Waals surface area contributed by atoms with Crippen LogP contribution in [0.5, 0.6) is 0 Å². The molecule has 0 aromatic heterocycles. The zero-order valence-electron chi connectivity index (χ0n) is 16.0. The molecule has 0 aromatic rings. The Bertz CT molecular complexity index is 343. The smallest absolute Gasteiger partial charge is 0.0995 e. The predicted octanol–water partition coefficient (Wildman–Crippen LogP) is 6.99. The molecule has 2 rings (SSSR count). The summed E-state index contributed by atoms with van der Waals surface area (Å²) >= 11 is 0. The van der Waals surface area contributed by atoms with Gasteiger partial charge in [-0.15, -0.1) is 0 Å². The fourth-order valence-corrected chi connectivity index (χ4v) is 3.44. The maximum absolute atomic E-state index is 5.94. The minimum atomic E-state index is 0.587. The first kappa shape index (κ1) is 20.9. The summed E-state index contributed by atoms with van der Waals surface area (Å²) in [5.41, 5.74) is 0. The third-order valence-electron chi connectivity index (χ3n) is 4.93. The fourth-order valence-electron chi connectivity index (χ4n) is 3.44. The van der Waals surface area contributed by atoms with Gasteiger partial charge in [0.2, 0.25) is 0 Å². The van der Waals surface area contributed by atoms with Gasteiger partial charge in [-0.05, 0) is 31.6 Å². The first-order valence-corrected chi connectivity index (χ1v) is 9.82. The van der Waals surface area contributed by atoms with Gasteiger partial charge >= 0.3 is 0 Å². The summed E-state index contributed by atoms with van der Waals surface area (Å²) in [5.74, 6) is 3.76. The average molecular weight is 335 g/mol. The summed E-state index contributed by atoms with van der Waals surface area (Å²) in [6.45, 7) is 16.7. The van der Waals surface area contributed by atoms with Crippen LogP contribution in [0.3, 0.4) is 0 Å². The summed E-state index contributed by atoms with van der Waals surface area (Å²) in [6.07, 6.45) is 14.6. The van der Waals surface area contributed by atoms with Crippen LogP contribution in [0.4, 0.5) is 0 Å². The average Bonchev–Trinajstić information content (AvgIpc) is 2.62. The first-order valence-electron chi connectivity index (χ1n) is 9.82. The Labute approximate surface area is 150 Å². The Morgan fingerprint density at radius 3 is 1.58 bits per heavy atom. The van der Waals surface area contributed by atoms with Crippen LogP contribution >= 0.6 is 0 Å². The molecule has 2 aliphatic carbocycles. The Kier molecular flexibility index (Phi) is 10.6. The van der Waals surface area contributed by atoms with Crippen molar-refractivity contribution in [2.24, 2.45) is 17.8 Å². The van der Waals surface area contributed by atoms with Crippen molar-refractivity contribution in [1.29, 1.82) is 0 Å². The quantitative estimate of drug-likeness (QED) is 0.467. The molecule has 0 atom stereocenters. The molecule has 2 aliphatic rings. The van der Waals surface area contributed by atoms with E-state index in [1.165, 1.54) is 70.5 Å². The molecule has 0 aromatic carbocycles. The molecule has 0 amide bonds. The normalized spacial score (nSPS) is 19.1. The zero-order chi connectivity index (χ0) is 17.8. The molecule has 0 N–H and O–H groups in total. The molecular weight excluding hydrogens is 296 g/mol. The summed E-state index contributed by atoms with van der Waals surface area (Å²) in [4.78, 5) is 0. The van der Waals surface area contributed by atoms with Crippen LogP contribution in [0.15, 0.2) is 37.5 Å². The third-order valence-corrected chi connectivity index (χ3v) is 4.93. The van der Waals surface area contributed by atoms with Gasteiger partial charge in [0.1, 0.15) is 0 Å². The third kappa shape index (κ3) is 8.61. The van der Waals surface area contributed by atoms with Gasteiger partial charge in [-0.1, -0.05) is 72.1 Å².